The highest BCUT2D eigenvalue weighted by Gasteiger charge is 2.27. The molecule has 0 aliphatic carbocycles. The lowest BCUT2D eigenvalue weighted by atomic mass is 9.95. The van der Waals surface area contributed by atoms with Crippen LogP contribution < -0.4 is 0 Å². The van der Waals surface area contributed by atoms with Crippen molar-refractivity contribution < 1.29 is 4.74 Å². The molecule has 0 unspecified atom stereocenters. The van der Waals surface area contributed by atoms with Crippen molar-refractivity contribution in [2.45, 2.75) is 43.9 Å². The number of aryl methyl sites for hydroxylation is 1. The summed E-state index contributed by atoms with van der Waals surface area (Å²) in [6, 6.07) is 19.5. The highest BCUT2D eigenvalue weighted by Crippen LogP contribution is 2.31. The van der Waals surface area contributed by atoms with Gasteiger partial charge in [-0.2, -0.15) is 0 Å². The summed E-state index contributed by atoms with van der Waals surface area (Å²) in [6.07, 6.45) is 2.27. The van der Waals surface area contributed by atoms with Gasteiger partial charge >= 0.3 is 0 Å². The number of likely N-dealkylation sites (tertiary alicyclic amines) is 1. The standard InChI is InChI=1S/C28H37N5OS/c1-23-7-5-6-10-26(23)22-32-13-11-25(12-14-32)27-29-30-28(33(27)21-24-8-3-2-4-9-24)35-20-17-31-15-18-34-19-16-31/h2-10,25H,11-22H2,1H3. The molecular formula is C28H37N5OS. The number of morpholine rings is 1. The van der Waals surface area contributed by atoms with Gasteiger partial charge in [0.25, 0.3) is 0 Å². The van der Waals surface area contributed by atoms with Gasteiger partial charge < -0.3 is 9.30 Å². The topological polar surface area (TPSA) is 46.4 Å². The lowest BCUT2D eigenvalue weighted by Crippen LogP contribution is -2.37. The summed E-state index contributed by atoms with van der Waals surface area (Å²) in [4.78, 5) is 5.08. The van der Waals surface area contributed by atoms with E-state index in [1.54, 1.807) is 0 Å². The molecule has 5 rings (SSSR count). The van der Waals surface area contributed by atoms with Gasteiger partial charge in [-0.3, -0.25) is 9.80 Å². The molecule has 2 saturated heterocycles. The highest BCUT2D eigenvalue weighted by atomic mass is 32.2. The monoisotopic (exact) mass is 491 g/mol. The van der Waals surface area contributed by atoms with E-state index < -0.39 is 0 Å². The van der Waals surface area contributed by atoms with Crippen molar-refractivity contribution in [2.75, 3.05) is 51.7 Å². The van der Waals surface area contributed by atoms with E-state index >= 15 is 0 Å². The molecule has 2 aromatic carbocycles. The van der Waals surface area contributed by atoms with Crippen LogP contribution in [0.3, 0.4) is 0 Å². The van der Waals surface area contributed by atoms with E-state index in [1.165, 1.54) is 22.5 Å². The van der Waals surface area contributed by atoms with Crippen molar-refractivity contribution in [3.63, 3.8) is 0 Å². The maximum absolute atomic E-state index is 5.49. The second-order valence-corrected chi connectivity index (χ2v) is 10.8. The van der Waals surface area contributed by atoms with Crippen LogP contribution in [-0.2, 0) is 17.8 Å². The predicted octanol–water partition coefficient (Wildman–Crippen LogP) is 4.44. The minimum Gasteiger partial charge on any atom is -0.379 e. The van der Waals surface area contributed by atoms with Crippen LogP contribution in [0.1, 0.15) is 41.3 Å². The van der Waals surface area contributed by atoms with Crippen molar-refractivity contribution in [3.05, 3.63) is 77.1 Å². The molecule has 1 aromatic heterocycles. The number of piperidine rings is 1. The second-order valence-electron chi connectivity index (χ2n) is 9.69. The fourth-order valence-electron chi connectivity index (χ4n) is 5.09. The number of aromatic nitrogens is 3. The predicted molar refractivity (Wildman–Crippen MR) is 142 cm³/mol. The zero-order valence-corrected chi connectivity index (χ0v) is 21.6. The maximum Gasteiger partial charge on any atom is 0.191 e. The van der Waals surface area contributed by atoms with Gasteiger partial charge in [0.15, 0.2) is 5.16 Å². The Balaban J connectivity index is 1.24. The molecule has 0 bridgehead atoms. The summed E-state index contributed by atoms with van der Waals surface area (Å²) in [5.41, 5.74) is 4.13. The molecule has 0 saturated carbocycles. The fraction of sp³-hybridized carbons (Fsp3) is 0.500. The third-order valence-corrected chi connectivity index (χ3v) is 8.23. The van der Waals surface area contributed by atoms with Crippen LogP contribution in [0.25, 0.3) is 0 Å². The van der Waals surface area contributed by atoms with Crippen LogP contribution in [-0.4, -0.2) is 76.3 Å². The number of hydrogen-bond acceptors (Lipinski definition) is 6. The Bertz CT molecular complexity index is 1060. The third kappa shape index (κ3) is 6.53. The van der Waals surface area contributed by atoms with Crippen molar-refractivity contribution in [3.8, 4) is 0 Å². The van der Waals surface area contributed by atoms with E-state index in [1.807, 2.05) is 11.8 Å². The summed E-state index contributed by atoms with van der Waals surface area (Å²) in [5, 5.41) is 10.5. The van der Waals surface area contributed by atoms with Crippen molar-refractivity contribution in [2.24, 2.45) is 0 Å². The van der Waals surface area contributed by atoms with E-state index in [9.17, 15) is 0 Å². The molecule has 0 amide bonds. The Hall–Kier alpha value is -2.19. The first-order chi connectivity index (χ1) is 17.3. The second kappa shape index (κ2) is 12.2. The quantitative estimate of drug-likeness (QED) is 0.413. The maximum atomic E-state index is 5.49. The van der Waals surface area contributed by atoms with Crippen molar-refractivity contribution >= 4 is 11.8 Å². The van der Waals surface area contributed by atoms with E-state index in [0.29, 0.717) is 5.92 Å². The first-order valence-electron chi connectivity index (χ1n) is 12.9. The summed E-state index contributed by atoms with van der Waals surface area (Å²) >= 11 is 1.85. The van der Waals surface area contributed by atoms with E-state index in [4.69, 9.17) is 9.84 Å². The fourth-order valence-corrected chi connectivity index (χ4v) is 6.04. The molecule has 7 heteroatoms. The van der Waals surface area contributed by atoms with Gasteiger partial charge in [0.1, 0.15) is 5.82 Å². The average Bonchev–Trinajstić information content (AvgIpc) is 3.29. The first-order valence-corrected chi connectivity index (χ1v) is 13.9. The Labute approximate surface area is 213 Å². The van der Waals surface area contributed by atoms with Crippen molar-refractivity contribution in [1.29, 1.82) is 0 Å². The number of thioether (sulfide) groups is 1. The zero-order chi connectivity index (χ0) is 23.9. The molecule has 0 spiro atoms. The number of rotatable bonds is 9. The highest BCUT2D eigenvalue weighted by molar-refractivity contribution is 7.99. The van der Waals surface area contributed by atoms with Gasteiger partial charge in [-0.1, -0.05) is 66.4 Å². The van der Waals surface area contributed by atoms with Crippen LogP contribution in [0.2, 0.25) is 0 Å². The Morgan fingerprint density at radius 1 is 0.857 bits per heavy atom. The van der Waals surface area contributed by atoms with Crippen molar-refractivity contribution in [1.82, 2.24) is 24.6 Å². The van der Waals surface area contributed by atoms with Gasteiger partial charge in [-0.05, 0) is 49.5 Å². The molecular weight excluding hydrogens is 454 g/mol. The first kappa shape index (κ1) is 24.5. The Morgan fingerprint density at radius 2 is 1.60 bits per heavy atom. The van der Waals surface area contributed by atoms with Gasteiger partial charge in [0.2, 0.25) is 0 Å². The van der Waals surface area contributed by atoms with Gasteiger partial charge in [-0.15, -0.1) is 10.2 Å². The smallest absolute Gasteiger partial charge is 0.191 e. The number of hydrogen-bond donors (Lipinski definition) is 0. The molecule has 2 aliphatic rings. The van der Waals surface area contributed by atoms with Crippen LogP contribution in [0, 0.1) is 6.92 Å². The van der Waals surface area contributed by atoms with Crippen LogP contribution >= 0.6 is 11.8 Å². The molecule has 0 atom stereocenters. The molecule has 186 valence electrons. The number of benzene rings is 2. The van der Waals surface area contributed by atoms with Crippen LogP contribution in [0.15, 0.2) is 59.8 Å². The largest absolute Gasteiger partial charge is 0.379 e. The summed E-state index contributed by atoms with van der Waals surface area (Å²) < 4.78 is 7.88. The molecule has 35 heavy (non-hydrogen) atoms. The third-order valence-electron chi connectivity index (χ3n) is 7.28. The molecule has 3 heterocycles. The van der Waals surface area contributed by atoms with E-state index in [-0.39, 0.29) is 0 Å². The normalized spacial score (nSPS) is 18.2. The lowest BCUT2D eigenvalue weighted by Gasteiger charge is -2.32. The number of nitrogens with zero attached hydrogens (tertiary/aromatic N) is 5. The SMILES string of the molecule is Cc1ccccc1CN1CCC(c2nnc(SCCN3CCOCC3)n2Cc2ccccc2)CC1. The van der Waals surface area contributed by atoms with Crippen LogP contribution in [0.4, 0.5) is 0 Å². The zero-order valence-electron chi connectivity index (χ0n) is 20.8. The minimum absolute atomic E-state index is 0.466. The summed E-state index contributed by atoms with van der Waals surface area (Å²) in [6.45, 7) is 11.1. The van der Waals surface area contributed by atoms with E-state index in [2.05, 4.69) is 81.0 Å². The molecule has 2 fully saturated rings. The average molecular weight is 492 g/mol. The number of ether oxygens (including phenoxy) is 1. The Kier molecular flexibility index (Phi) is 8.52. The molecule has 3 aromatic rings. The molecule has 0 N–H and O–H groups in total. The minimum atomic E-state index is 0.466. The summed E-state index contributed by atoms with van der Waals surface area (Å²) in [5.74, 6) is 2.66. The molecule has 0 radical (unpaired) electrons. The summed E-state index contributed by atoms with van der Waals surface area (Å²) in [7, 11) is 0. The van der Waals surface area contributed by atoms with E-state index in [0.717, 1.165) is 82.8 Å². The van der Waals surface area contributed by atoms with Gasteiger partial charge in [-0.25, -0.2) is 0 Å². The lowest BCUT2D eigenvalue weighted by molar-refractivity contribution is 0.0410. The van der Waals surface area contributed by atoms with Crippen LogP contribution in [0.5, 0.6) is 0 Å². The van der Waals surface area contributed by atoms with Gasteiger partial charge in [0.05, 0.1) is 19.8 Å². The molecule has 2 aliphatic heterocycles. The Morgan fingerprint density at radius 3 is 2.37 bits per heavy atom. The van der Waals surface area contributed by atoms with Gasteiger partial charge in [0, 0.05) is 37.8 Å². The molecule has 6 nitrogen and oxygen atoms in total.